The Hall–Kier alpha value is -5.72. The predicted molar refractivity (Wildman–Crippen MR) is 226 cm³/mol. The Morgan fingerprint density at radius 1 is 0.828 bits per heavy atom. The highest BCUT2D eigenvalue weighted by molar-refractivity contribution is 5.98. The Bertz CT molecular complexity index is 2110. The van der Waals surface area contributed by atoms with Crippen LogP contribution in [0.25, 0.3) is 22.5 Å². The number of carbonyl (C=O) groups is 3. The van der Waals surface area contributed by atoms with Crippen LogP contribution in [0.1, 0.15) is 78.4 Å². The molecule has 0 radical (unpaired) electrons. The van der Waals surface area contributed by atoms with Crippen LogP contribution >= 0.6 is 0 Å². The highest BCUT2D eigenvalue weighted by Crippen LogP contribution is 2.30. The molecule has 7 rings (SSSR count). The van der Waals surface area contributed by atoms with Crippen molar-refractivity contribution in [3.05, 3.63) is 119 Å². The van der Waals surface area contributed by atoms with Crippen molar-refractivity contribution in [2.45, 2.75) is 89.4 Å². The number of aryl methyl sites for hydroxylation is 1. The van der Waals surface area contributed by atoms with Crippen molar-refractivity contribution in [3.8, 4) is 22.5 Å². The zero-order valence-electron chi connectivity index (χ0n) is 33.5. The molecule has 0 aliphatic heterocycles. The molecule has 0 spiro atoms. The first-order valence-electron chi connectivity index (χ1n) is 20.6. The van der Waals surface area contributed by atoms with Crippen LogP contribution in [0.2, 0.25) is 0 Å². The van der Waals surface area contributed by atoms with E-state index in [1.165, 1.54) is 5.56 Å². The summed E-state index contributed by atoms with van der Waals surface area (Å²) >= 11 is 0. The van der Waals surface area contributed by atoms with Crippen LogP contribution in [-0.4, -0.2) is 75.0 Å². The van der Waals surface area contributed by atoms with Gasteiger partial charge in [-0.1, -0.05) is 60.7 Å². The molecule has 12 nitrogen and oxygen atoms in total. The van der Waals surface area contributed by atoms with E-state index in [2.05, 4.69) is 78.9 Å². The first-order valence-corrected chi connectivity index (χ1v) is 20.6. The van der Waals surface area contributed by atoms with Crippen molar-refractivity contribution in [1.82, 2.24) is 36.2 Å². The smallest absolute Gasteiger partial charge is 0.251 e. The molecular weight excluding hydrogens is 727 g/mol. The van der Waals surface area contributed by atoms with E-state index in [-0.39, 0.29) is 29.7 Å². The maximum Gasteiger partial charge on any atom is 0.251 e. The number of aromatic nitrogens is 4. The fourth-order valence-corrected chi connectivity index (χ4v) is 8.49. The number of hydrogen-bond acceptors (Lipinski definition) is 8. The second-order valence-electron chi connectivity index (χ2n) is 16.1. The molecule has 0 bridgehead atoms. The summed E-state index contributed by atoms with van der Waals surface area (Å²) in [5.74, 6) is 0.330. The molecule has 12 heteroatoms. The fraction of sp³-hybridized carbons (Fsp3) is 0.391. The Labute approximate surface area is 340 Å². The van der Waals surface area contributed by atoms with Crippen LogP contribution < -0.4 is 21.7 Å². The van der Waals surface area contributed by atoms with E-state index in [0.29, 0.717) is 42.0 Å². The van der Waals surface area contributed by atoms with E-state index in [9.17, 15) is 14.4 Å². The molecule has 1 heterocycles. The van der Waals surface area contributed by atoms with E-state index in [4.69, 9.17) is 5.73 Å². The number of anilines is 1. The zero-order valence-corrected chi connectivity index (χ0v) is 33.5. The highest BCUT2D eigenvalue weighted by atomic mass is 16.2. The van der Waals surface area contributed by atoms with Gasteiger partial charge in [0.05, 0.1) is 0 Å². The number of nitrogens with one attached hydrogen (secondary N) is 4. The second-order valence-corrected chi connectivity index (χ2v) is 16.1. The third kappa shape index (κ3) is 10.4. The summed E-state index contributed by atoms with van der Waals surface area (Å²) in [4.78, 5) is 43.1. The minimum Gasteiger partial charge on any atom is -0.349 e. The topological polar surface area (TPSA) is 171 Å². The average molecular weight is 782 g/mol. The molecule has 2 aliphatic carbocycles. The maximum atomic E-state index is 13.8. The normalized spacial score (nSPS) is 19.9. The van der Waals surface area contributed by atoms with Crippen molar-refractivity contribution >= 4 is 23.4 Å². The molecule has 1 aromatic heterocycles. The van der Waals surface area contributed by atoms with Gasteiger partial charge in [0.1, 0.15) is 6.04 Å². The third-order valence-electron chi connectivity index (χ3n) is 12.1. The van der Waals surface area contributed by atoms with Gasteiger partial charge in [0.15, 0.2) is 0 Å². The van der Waals surface area contributed by atoms with Crippen molar-refractivity contribution in [3.63, 3.8) is 0 Å². The lowest BCUT2D eigenvalue weighted by Crippen LogP contribution is -2.48. The van der Waals surface area contributed by atoms with Crippen molar-refractivity contribution < 1.29 is 14.4 Å². The number of benzene rings is 4. The lowest BCUT2D eigenvalue weighted by molar-refractivity contribution is -0.130. The molecule has 58 heavy (non-hydrogen) atoms. The number of nitrogens with zero attached hydrogens (tertiary/aromatic N) is 4. The van der Waals surface area contributed by atoms with Gasteiger partial charge in [0.2, 0.25) is 17.6 Å². The van der Waals surface area contributed by atoms with Crippen LogP contribution in [0, 0.1) is 18.8 Å². The second kappa shape index (κ2) is 19.1. The van der Waals surface area contributed by atoms with Gasteiger partial charge in [0.25, 0.3) is 5.91 Å². The summed E-state index contributed by atoms with van der Waals surface area (Å²) in [5.41, 5.74) is 13.2. The van der Waals surface area contributed by atoms with E-state index in [0.717, 1.165) is 85.7 Å². The van der Waals surface area contributed by atoms with Gasteiger partial charge >= 0.3 is 0 Å². The number of nitrogens with two attached hydrogens (primary N) is 1. The molecule has 2 fully saturated rings. The van der Waals surface area contributed by atoms with E-state index < -0.39 is 6.04 Å². The standard InChI is InChI=1S/C46H55N9O3/c1-30-26-37(45(57)48-39-21-23-40(24-22-39)55(2)29-33-6-4-3-5-7-33)18-25-41(30)34-12-8-31(9-13-34)27-42(50-44(56)36-14-10-32(28-47)11-15-36)46(58)49-38-19-16-35(17-20-38)43-51-53-54-52-43/h3-9,12-13,16-20,25-26,32,36,39-40,42H,10-11,14-15,21-24,27-29,47H2,1-2H3,(H,48,57)(H,49,58)(H,50,56)(H,51,52,53,54)/t32?,36?,39?,40?,42-/m0/s1. The number of H-pyrrole nitrogens is 1. The molecular formula is C46H55N9O3. The SMILES string of the molecule is Cc1cc(C(=O)NC2CCC(N(C)Cc3ccccc3)CC2)ccc1-c1ccc(C[C@H](NC(=O)C2CCC(CN)CC2)C(=O)Nc2ccc(-c3nn[nH]n3)cc2)cc1. The molecule has 4 aromatic carbocycles. The predicted octanol–water partition coefficient (Wildman–Crippen LogP) is 6.45. The Balaban J connectivity index is 0.962. The monoisotopic (exact) mass is 781 g/mol. The number of carbonyl (C=O) groups excluding carboxylic acids is 3. The van der Waals surface area contributed by atoms with Crippen LogP contribution in [0.15, 0.2) is 97.1 Å². The molecule has 6 N–H and O–H groups in total. The van der Waals surface area contributed by atoms with Gasteiger partial charge in [-0.2, -0.15) is 5.21 Å². The quantitative estimate of drug-likeness (QED) is 0.0857. The number of hydrogen-bond donors (Lipinski definition) is 5. The van der Waals surface area contributed by atoms with E-state index >= 15 is 0 Å². The number of tetrazole rings is 1. The average Bonchev–Trinajstić information content (AvgIpc) is 3.80. The largest absolute Gasteiger partial charge is 0.349 e. The summed E-state index contributed by atoms with van der Waals surface area (Å²) in [7, 11) is 2.20. The highest BCUT2D eigenvalue weighted by Gasteiger charge is 2.30. The van der Waals surface area contributed by atoms with E-state index in [1.54, 1.807) is 12.1 Å². The van der Waals surface area contributed by atoms with E-state index in [1.807, 2.05) is 61.5 Å². The number of rotatable bonds is 14. The Kier molecular flexibility index (Phi) is 13.4. The minimum atomic E-state index is -0.785. The summed E-state index contributed by atoms with van der Waals surface area (Å²) in [5, 5.41) is 23.4. The zero-order chi connectivity index (χ0) is 40.4. The lowest BCUT2D eigenvalue weighted by atomic mass is 9.81. The Morgan fingerprint density at radius 3 is 2.19 bits per heavy atom. The first kappa shape index (κ1) is 40.5. The number of amides is 3. The lowest BCUT2D eigenvalue weighted by Gasteiger charge is -2.35. The van der Waals surface area contributed by atoms with Crippen molar-refractivity contribution in [2.24, 2.45) is 17.6 Å². The first-order chi connectivity index (χ1) is 28.2. The van der Waals surface area contributed by atoms with Crippen LogP contribution in [-0.2, 0) is 22.6 Å². The fourth-order valence-electron chi connectivity index (χ4n) is 8.49. The number of aromatic amines is 1. The molecule has 2 saturated carbocycles. The van der Waals surface area contributed by atoms with Gasteiger partial charge in [-0.05, 0) is 147 Å². The van der Waals surface area contributed by atoms with Crippen molar-refractivity contribution in [2.75, 3.05) is 18.9 Å². The molecule has 0 saturated heterocycles. The molecule has 2 aliphatic rings. The third-order valence-corrected chi connectivity index (χ3v) is 12.1. The molecule has 302 valence electrons. The van der Waals surface area contributed by atoms with Gasteiger partial charge in [-0.15, -0.1) is 10.2 Å². The van der Waals surface area contributed by atoms with Gasteiger partial charge in [-0.25, -0.2) is 0 Å². The molecule has 3 amide bonds. The van der Waals surface area contributed by atoms with Crippen molar-refractivity contribution in [1.29, 1.82) is 0 Å². The molecule has 0 unspecified atom stereocenters. The minimum absolute atomic E-state index is 0.0344. The van der Waals surface area contributed by atoms with Crippen LogP contribution in [0.4, 0.5) is 5.69 Å². The van der Waals surface area contributed by atoms with Gasteiger partial charge in [-0.3, -0.25) is 19.3 Å². The van der Waals surface area contributed by atoms with Crippen LogP contribution in [0.5, 0.6) is 0 Å². The molecule has 1 atom stereocenters. The summed E-state index contributed by atoms with van der Waals surface area (Å²) in [6, 6.07) is 31.6. The van der Waals surface area contributed by atoms with Gasteiger partial charge < -0.3 is 21.7 Å². The van der Waals surface area contributed by atoms with Gasteiger partial charge in [0, 0.05) is 47.8 Å². The summed E-state index contributed by atoms with van der Waals surface area (Å²) in [6.45, 7) is 3.60. The van der Waals surface area contributed by atoms with Crippen LogP contribution in [0.3, 0.4) is 0 Å². The molecule has 5 aromatic rings. The summed E-state index contributed by atoms with van der Waals surface area (Å²) in [6.07, 6.45) is 7.75. The Morgan fingerprint density at radius 2 is 1.53 bits per heavy atom. The summed E-state index contributed by atoms with van der Waals surface area (Å²) < 4.78 is 0. The maximum absolute atomic E-state index is 13.8.